The van der Waals surface area contributed by atoms with Gasteiger partial charge in [0.1, 0.15) is 5.39 Å². The molecule has 1 aliphatic carbocycles. The van der Waals surface area contributed by atoms with E-state index in [0.717, 1.165) is 30.3 Å². The van der Waals surface area contributed by atoms with Gasteiger partial charge >= 0.3 is 0 Å². The van der Waals surface area contributed by atoms with Crippen LogP contribution < -0.4 is 10.9 Å². The topological polar surface area (TPSA) is 113 Å². The fourth-order valence-corrected chi connectivity index (χ4v) is 3.57. The van der Waals surface area contributed by atoms with Crippen LogP contribution in [0.3, 0.4) is 0 Å². The molecule has 0 atom stereocenters. The average Bonchev–Trinajstić information content (AvgIpc) is 3.41. The Hall–Kier alpha value is -3.14. The molecule has 0 bridgehead atoms. The first-order chi connectivity index (χ1) is 14.0. The number of carbonyl (C=O) groups is 2. The first-order valence-corrected chi connectivity index (χ1v) is 10.2. The van der Waals surface area contributed by atoms with Gasteiger partial charge in [-0.1, -0.05) is 30.0 Å². The van der Waals surface area contributed by atoms with E-state index in [1.165, 1.54) is 11.1 Å². The lowest BCUT2D eigenvalue weighted by Crippen LogP contribution is -2.39. The Labute approximate surface area is 170 Å². The molecule has 0 aliphatic heterocycles. The molecule has 4 rings (SSSR count). The van der Waals surface area contributed by atoms with Gasteiger partial charge in [-0.2, -0.15) is 5.10 Å². The molecule has 2 aromatic heterocycles. The van der Waals surface area contributed by atoms with Gasteiger partial charge in [-0.25, -0.2) is 9.67 Å². The number of likely N-dealkylation sites (N-methyl/N-ethyl adjacent to an activating group) is 1. The molecule has 2 heterocycles. The second kappa shape index (κ2) is 8.08. The minimum atomic E-state index is -0.315. The lowest BCUT2D eigenvalue weighted by molar-refractivity contribution is -0.132. The molecule has 150 valence electrons. The standard InChI is InChI=1S/C19H20N6O3S/c1-24(10-15(26)21-12-7-8-12)16(27)11-29-19-22-17-14(18(28)23-19)9-20-25(17)13-5-3-2-4-6-13/h2-6,9,12H,7-8,10-11H2,1H3,(H,21,26)(H,22,23,28). The minimum Gasteiger partial charge on any atom is -0.352 e. The molecule has 9 nitrogen and oxygen atoms in total. The van der Waals surface area contributed by atoms with E-state index in [9.17, 15) is 14.4 Å². The lowest BCUT2D eigenvalue weighted by Gasteiger charge is -2.16. The van der Waals surface area contributed by atoms with Crippen molar-refractivity contribution in [1.82, 2.24) is 30.0 Å². The van der Waals surface area contributed by atoms with Crippen molar-refractivity contribution < 1.29 is 9.59 Å². The fraction of sp³-hybridized carbons (Fsp3) is 0.316. The van der Waals surface area contributed by atoms with Crippen molar-refractivity contribution in [2.45, 2.75) is 24.0 Å². The zero-order valence-corrected chi connectivity index (χ0v) is 16.6. The highest BCUT2D eigenvalue weighted by Gasteiger charge is 2.24. The molecule has 1 aliphatic rings. The van der Waals surface area contributed by atoms with Crippen LogP contribution in [-0.2, 0) is 9.59 Å². The molecule has 2 amide bonds. The molecular weight excluding hydrogens is 392 g/mol. The maximum atomic E-state index is 12.4. The SMILES string of the molecule is CN(CC(=O)NC1CC1)C(=O)CSc1nc2c(cnn2-c2ccccc2)c(=O)[nH]1. The van der Waals surface area contributed by atoms with Gasteiger partial charge in [0.25, 0.3) is 5.56 Å². The van der Waals surface area contributed by atoms with E-state index in [1.807, 2.05) is 30.3 Å². The van der Waals surface area contributed by atoms with Gasteiger partial charge < -0.3 is 15.2 Å². The van der Waals surface area contributed by atoms with E-state index >= 15 is 0 Å². The summed E-state index contributed by atoms with van der Waals surface area (Å²) in [4.78, 5) is 45.0. The number of H-pyrrole nitrogens is 1. The lowest BCUT2D eigenvalue weighted by atomic mass is 10.3. The zero-order chi connectivity index (χ0) is 20.4. The first kappa shape index (κ1) is 19.2. The highest BCUT2D eigenvalue weighted by Crippen LogP contribution is 2.19. The average molecular weight is 412 g/mol. The molecule has 1 aromatic carbocycles. The number of nitrogens with one attached hydrogen (secondary N) is 2. The Balaban J connectivity index is 1.45. The summed E-state index contributed by atoms with van der Waals surface area (Å²) in [7, 11) is 1.58. The van der Waals surface area contributed by atoms with Crippen LogP contribution in [0.4, 0.5) is 0 Å². The number of benzene rings is 1. The van der Waals surface area contributed by atoms with Gasteiger partial charge in [-0.3, -0.25) is 14.4 Å². The Morgan fingerprint density at radius 1 is 1.31 bits per heavy atom. The van der Waals surface area contributed by atoms with Gasteiger partial charge in [0.2, 0.25) is 11.8 Å². The summed E-state index contributed by atoms with van der Waals surface area (Å²) in [5.41, 5.74) is 0.894. The Kier molecular flexibility index (Phi) is 5.34. The van der Waals surface area contributed by atoms with Crippen LogP contribution in [-0.4, -0.2) is 61.8 Å². The van der Waals surface area contributed by atoms with Gasteiger partial charge in [-0.15, -0.1) is 0 Å². The third-order valence-corrected chi connectivity index (χ3v) is 5.36. The van der Waals surface area contributed by atoms with Crippen molar-refractivity contribution in [1.29, 1.82) is 0 Å². The second-order valence-corrected chi connectivity index (χ2v) is 7.84. The number of fused-ring (bicyclic) bond motifs is 1. The summed E-state index contributed by atoms with van der Waals surface area (Å²) in [6, 6.07) is 9.64. The molecule has 0 spiro atoms. The maximum absolute atomic E-state index is 12.4. The van der Waals surface area contributed by atoms with Crippen LogP contribution in [0.15, 0.2) is 46.5 Å². The van der Waals surface area contributed by atoms with Crippen molar-refractivity contribution >= 4 is 34.6 Å². The highest BCUT2D eigenvalue weighted by atomic mass is 32.2. The number of thioether (sulfide) groups is 1. The molecular formula is C19H20N6O3S. The summed E-state index contributed by atoms with van der Waals surface area (Å²) < 4.78 is 1.59. The zero-order valence-electron chi connectivity index (χ0n) is 15.8. The molecule has 2 N–H and O–H groups in total. The number of aromatic nitrogens is 4. The Morgan fingerprint density at radius 2 is 2.07 bits per heavy atom. The predicted molar refractivity (Wildman–Crippen MR) is 109 cm³/mol. The van der Waals surface area contributed by atoms with Crippen LogP contribution >= 0.6 is 11.8 Å². The normalized spacial score (nSPS) is 13.4. The smallest absolute Gasteiger partial charge is 0.262 e. The summed E-state index contributed by atoms with van der Waals surface area (Å²) >= 11 is 1.12. The predicted octanol–water partition coefficient (Wildman–Crippen LogP) is 0.938. The minimum absolute atomic E-state index is 0.0135. The van der Waals surface area contributed by atoms with Gasteiger partial charge in [0.15, 0.2) is 10.8 Å². The number of para-hydroxylation sites is 1. The molecule has 10 heteroatoms. The molecule has 0 unspecified atom stereocenters. The van der Waals surface area contributed by atoms with Crippen LogP contribution in [0.25, 0.3) is 16.7 Å². The number of aromatic amines is 1. The molecule has 1 fully saturated rings. The number of rotatable bonds is 7. The fourth-order valence-electron chi connectivity index (χ4n) is 2.77. The van der Waals surface area contributed by atoms with Crippen molar-refractivity contribution in [3.05, 3.63) is 46.9 Å². The van der Waals surface area contributed by atoms with E-state index in [1.54, 1.807) is 11.7 Å². The van der Waals surface area contributed by atoms with Gasteiger partial charge in [0, 0.05) is 13.1 Å². The summed E-state index contributed by atoms with van der Waals surface area (Å²) in [6.45, 7) is 0.0135. The number of carbonyl (C=O) groups excluding carboxylic acids is 2. The first-order valence-electron chi connectivity index (χ1n) is 9.21. The largest absolute Gasteiger partial charge is 0.352 e. The van der Waals surface area contributed by atoms with Gasteiger partial charge in [-0.05, 0) is 25.0 Å². The third-order valence-electron chi connectivity index (χ3n) is 4.50. The van der Waals surface area contributed by atoms with Crippen molar-refractivity contribution in [2.75, 3.05) is 19.3 Å². The molecule has 1 saturated carbocycles. The molecule has 0 saturated heterocycles. The number of amides is 2. The van der Waals surface area contributed by atoms with E-state index in [4.69, 9.17) is 0 Å². The molecule has 29 heavy (non-hydrogen) atoms. The van der Waals surface area contributed by atoms with Crippen molar-refractivity contribution in [3.63, 3.8) is 0 Å². The Morgan fingerprint density at radius 3 is 2.79 bits per heavy atom. The Bertz CT molecular complexity index is 1110. The van der Waals surface area contributed by atoms with Crippen LogP contribution in [0, 0.1) is 0 Å². The number of hydrogen-bond donors (Lipinski definition) is 2. The molecule has 3 aromatic rings. The number of hydrogen-bond acceptors (Lipinski definition) is 6. The van der Waals surface area contributed by atoms with Gasteiger partial charge in [0.05, 0.1) is 24.2 Å². The van der Waals surface area contributed by atoms with E-state index in [0.29, 0.717) is 16.2 Å². The van der Waals surface area contributed by atoms with Crippen molar-refractivity contribution in [3.8, 4) is 5.69 Å². The van der Waals surface area contributed by atoms with Crippen molar-refractivity contribution in [2.24, 2.45) is 0 Å². The molecule has 0 radical (unpaired) electrons. The second-order valence-electron chi connectivity index (χ2n) is 6.88. The van der Waals surface area contributed by atoms with E-state index in [-0.39, 0.29) is 35.7 Å². The van der Waals surface area contributed by atoms with Crippen LogP contribution in [0.1, 0.15) is 12.8 Å². The number of nitrogens with zero attached hydrogens (tertiary/aromatic N) is 4. The van der Waals surface area contributed by atoms with Crippen LogP contribution in [0.5, 0.6) is 0 Å². The monoisotopic (exact) mass is 412 g/mol. The van der Waals surface area contributed by atoms with E-state index < -0.39 is 0 Å². The maximum Gasteiger partial charge on any atom is 0.262 e. The summed E-state index contributed by atoms with van der Waals surface area (Å²) in [6.07, 6.45) is 3.47. The summed E-state index contributed by atoms with van der Waals surface area (Å²) in [5, 5.41) is 7.81. The third kappa shape index (κ3) is 4.48. The van der Waals surface area contributed by atoms with E-state index in [2.05, 4.69) is 20.4 Å². The quantitative estimate of drug-likeness (QED) is 0.441. The summed E-state index contributed by atoms with van der Waals surface area (Å²) in [5.74, 6) is -0.325. The van der Waals surface area contributed by atoms with Crippen LogP contribution in [0.2, 0.25) is 0 Å². The highest BCUT2D eigenvalue weighted by molar-refractivity contribution is 7.99.